The summed E-state index contributed by atoms with van der Waals surface area (Å²) in [5.41, 5.74) is -0.318. The van der Waals surface area contributed by atoms with Gasteiger partial charge in [-0.05, 0) is 36.8 Å². The Bertz CT molecular complexity index is 1430. The second-order valence-corrected chi connectivity index (χ2v) is 7.85. The highest BCUT2D eigenvalue weighted by atomic mass is 35.5. The minimum absolute atomic E-state index is 0.0135. The Morgan fingerprint density at radius 3 is 2.50 bits per heavy atom. The van der Waals surface area contributed by atoms with Gasteiger partial charge in [-0.15, -0.1) is 10.2 Å². The number of aromatic hydroxyl groups is 1. The van der Waals surface area contributed by atoms with Gasteiger partial charge in [-0.1, -0.05) is 23.7 Å². The van der Waals surface area contributed by atoms with Crippen molar-refractivity contribution in [2.24, 2.45) is 0 Å². The molecule has 188 valence electrons. The lowest BCUT2D eigenvalue weighted by Crippen LogP contribution is -2.21. The molecule has 2 aromatic heterocycles. The minimum atomic E-state index is -0.806. The van der Waals surface area contributed by atoms with Crippen molar-refractivity contribution < 1.29 is 28.1 Å². The highest BCUT2D eigenvalue weighted by Crippen LogP contribution is 2.38. The first-order valence-corrected chi connectivity index (χ1v) is 11.2. The molecule has 0 saturated heterocycles. The molecule has 36 heavy (non-hydrogen) atoms. The van der Waals surface area contributed by atoms with Gasteiger partial charge in [-0.2, -0.15) is 4.98 Å². The molecule has 10 nitrogen and oxygen atoms in total. The molecule has 0 fully saturated rings. The maximum atomic E-state index is 13.8. The first-order chi connectivity index (χ1) is 17.4. The maximum Gasteiger partial charge on any atom is 0.289 e. The molecule has 0 aliphatic carbocycles. The molecule has 2 heterocycles. The van der Waals surface area contributed by atoms with Crippen molar-refractivity contribution in [1.29, 1.82) is 0 Å². The Hall–Kier alpha value is -3.96. The van der Waals surface area contributed by atoms with Gasteiger partial charge in [-0.25, -0.2) is 4.39 Å². The number of methoxy groups -OCH3 is 2. The van der Waals surface area contributed by atoms with Crippen LogP contribution in [0.2, 0.25) is 5.02 Å². The number of aromatic nitrogens is 4. The van der Waals surface area contributed by atoms with Crippen molar-refractivity contribution in [3.63, 3.8) is 0 Å². The Labute approximate surface area is 209 Å². The van der Waals surface area contributed by atoms with Gasteiger partial charge in [0.25, 0.3) is 11.4 Å². The molecule has 4 rings (SSSR count). The Morgan fingerprint density at radius 1 is 1.14 bits per heavy atom. The van der Waals surface area contributed by atoms with E-state index < -0.39 is 17.3 Å². The molecule has 2 aromatic carbocycles. The van der Waals surface area contributed by atoms with Crippen LogP contribution in [0.1, 0.15) is 24.2 Å². The lowest BCUT2D eigenvalue weighted by atomic mass is 10.1. The zero-order chi connectivity index (χ0) is 25.8. The molecule has 4 aromatic rings. The predicted octanol–water partition coefficient (Wildman–Crippen LogP) is 3.93. The maximum absolute atomic E-state index is 13.8. The summed E-state index contributed by atoms with van der Waals surface area (Å²) >= 11 is 5.73. The third kappa shape index (κ3) is 4.88. The zero-order valence-corrected chi connectivity index (χ0v) is 20.4. The number of halogens is 2. The van der Waals surface area contributed by atoms with Crippen molar-refractivity contribution in [1.82, 2.24) is 19.7 Å². The highest BCUT2D eigenvalue weighted by Gasteiger charge is 2.27. The van der Waals surface area contributed by atoms with Crippen LogP contribution < -0.4 is 15.0 Å². The zero-order valence-electron chi connectivity index (χ0n) is 19.6. The van der Waals surface area contributed by atoms with Gasteiger partial charge in [0.15, 0.2) is 5.56 Å². The van der Waals surface area contributed by atoms with Gasteiger partial charge in [0.2, 0.25) is 11.8 Å². The highest BCUT2D eigenvalue weighted by molar-refractivity contribution is 6.30. The lowest BCUT2D eigenvalue weighted by Gasteiger charge is -2.20. The summed E-state index contributed by atoms with van der Waals surface area (Å²) in [6.45, 7) is 2.05. The average Bonchev–Trinajstić information content (AvgIpc) is 3.32. The lowest BCUT2D eigenvalue weighted by molar-refractivity contribution is 0.125. The van der Waals surface area contributed by atoms with Crippen LogP contribution in [0.25, 0.3) is 17.1 Å². The fourth-order valence-corrected chi connectivity index (χ4v) is 3.68. The Balaban J connectivity index is 1.85. The standard InChI is InChI=1S/C24H22ClFN4O6/c1-4-35-12-18-27-22(31)20(24(32)30(18)21-16(33-2)6-5-7-17(21)34-3)23-29-28-19(36-23)11-13-8-9-14(25)15(26)10-13/h5-10,32H,4,11-12H2,1-3H3. The second-order valence-electron chi connectivity index (χ2n) is 7.44. The summed E-state index contributed by atoms with van der Waals surface area (Å²) in [6, 6.07) is 9.30. The van der Waals surface area contributed by atoms with Crippen LogP contribution in [0, 0.1) is 5.82 Å². The third-order valence-electron chi connectivity index (χ3n) is 5.22. The number of hydrogen-bond donors (Lipinski definition) is 1. The summed E-state index contributed by atoms with van der Waals surface area (Å²) in [5, 5.41) is 19.2. The SMILES string of the molecule is CCOCc1nc(=O)c(-c2nnc(Cc3ccc(Cl)c(F)c3)o2)c(O)n1-c1c(OC)cccc1OC. The van der Waals surface area contributed by atoms with E-state index >= 15 is 0 Å². The molecule has 0 aliphatic rings. The molecule has 0 spiro atoms. The van der Waals surface area contributed by atoms with Gasteiger partial charge in [-0.3, -0.25) is 9.36 Å². The van der Waals surface area contributed by atoms with Crippen molar-refractivity contribution in [2.75, 3.05) is 20.8 Å². The molecule has 1 N–H and O–H groups in total. The Morgan fingerprint density at radius 2 is 1.86 bits per heavy atom. The molecular weight excluding hydrogens is 495 g/mol. The normalized spacial score (nSPS) is 11.0. The molecule has 0 saturated carbocycles. The van der Waals surface area contributed by atoms with Gasteiger partial charge < -0.3 is 23.7 Å². The fraction of sp³-hybridized carbons (Fsp3) is 0.250. The van der Waals surface area contributed by atoms with Crippen LogP contribution in [0.5, 0.6) is 17.4 Å². The fourth-order valence-electron chi connectivity index (χ4n) is 3.57. The van der Waals surface area contributed by atoms with Crippen LogP contribution >= 0.6 is 11.6 Å². The molecule has 0 amide bonds. The van der Waals surface area contributed by atoms with E-state index in [0.717, 1.165) is 0 Å². The summed E-state index contributed by atoms with van der Waals surface area (Å²) < 4.78 is 37.1. The number of benzene rings is 2. The van der Waals surface area contributed by atoms with Crippen molar-refractivity contribution >= 4 is 11.6 Å². The molecule has 0 bridgehead atoms. The van der Waals surface area contributed by atoms with Crippen LogP contribution in [0.15, 0.2) is 45.6 Å². The number of hydrogen-bond acceptors (Lipinski definition) is 9. The van der Waals surface area contributed by atoms with E-state index in [0.29, 0.717) is 29.4 Å². The molecule has 12 heteroatoms. The van der Waals surface area contributed by atoms with Crippen molar-refractivity contribution in [3.05, 3.63) is 74.9 Å². The topological polar surface area (TPSA) is 122 Å². The monoisotopic (exact) mass is 516 g/mol. The van der Waals surface area contributed by atoms with E-state index in [1.165, 1.54) is 30.9 Å². The van der Waals surface area contributed by atoms with E-state index in [-0.39, 0.29) is 41.2 Å². The summed E-state index contributed by atoms with van der Waals surface area (Å²) in [7, 11) is 2.91. The van der Waals surface area contributed by atoms with E-state index in [9.17, 15) is 14.3 Å². The largest absolute Gasteiger partial charge is 0.494 e. The smallest absolute Gasteiger partial charge is 0.289 e. The van der Waals surface area contributed by atoms with E-state index in [1.807, 2.05) is 0 Å². The predicted molar refractivity (Wildman–Crippen MR) is 127 cm³/mol. The molecule has 0 radical (unpaired) electrons. The summed E-state index contributed by atoms with van der Waals surface area (Å²) in [6.07, 6.45) is 0.0756. The van der Waals surface area contributed by atoms with E-state index in [1.54, 1.807) is 31.2 Å². The minimum Gasteiger partial charge on any atom is -0.494 e. The van der Waals surface area contributed by atoms with E-state index in [4.69, 9.17) is 30.2 Å². The quantitative estimate of drug-likeness (QED) is 0.352. The summed E-state index contributed by atoms with van der Waals surface area (Å²) in [5.74, 6) is -0.508. The number of nitrogens with zero attached hydrogens (tertiary/aromatic N) is 4. The van der Waals surface area contributed by atoms with Gasteiger partial charge in [0, 0.05) is 6.61 Å². The number of para-hydroxylation sites is 1. The number of rotatable bonds is 9. The van der Waals surface area contributed by atoms with Crippen LogP contribution in [0.3, 0.4) is 0 Å². The second kappa shape index (κ2) is 10.8. The third-order valence-corrected chi connectivity index (χ3v) is 5.53. The first kappa shape index (κ1) is 25.1. The van der Waals surface area contributed by atoms with E-state index in [2.05, 4.69) is 15.2 Å². The first-order valence-electron chi connectivity index (χ1n) is 10.8. The average molecular weight is 517 g/mol. The molecular formula is C24H22ClFN4O6. The van der Waals surface area contributed by atoms with Crippen LogP contribution in [0.4, 0.5) is 4.39 Å². The van der Waals surface area contributed by atoms with Crippen molar-refractivity contribution in [2.45, 2.75) is 20.0 Å². The molecule has 0 aliphatic heterocycles. The summed E-state index contributed by atoms with van der Waals surface area (Å²) in [4.78, 5) is 17.1. The number of ether oxygens (including phenoxy) is 3. The van der Waals surface area contributed by atoms with Gasteiger partial charge >= 0.3 is 0 Å². The van der Waals surface area contributed by atoms with Gasteiger partial charge in [0.1, 0.15) is 35.4 Å². The van der Waals surface area contributed by atoms with Crippen LogP contribution in [-0.4, -0.2) is 45.7 Å². The molecule has 0 unspecified atom stereocenters. The molecule has 0 atom stereocenters. The van der Waals surface area contributed by atoms with Gasteiger partial charge in [0.05, 0.1) is 25.7 Å². The van der Waals surface area contributed by atoms with Crippen molar-refractivity contribution in [3.8, 4) is 34.5 Å². The Kier molecular flexibility index (Phi) is 7.51. The van der Waals surface area contributed by atoms with Crippen LogP contribution in [-0.2, 0) is 17.8 Å².